The number of rotatable bonds is 5. The average molecular weight is 471 g/mol. The van der Waals surface area contributed by atoms with Crippen LogP contribution in [0.4, 0.5) is 13.2 Å². The maximum atomic E-state index is 13.0. The highest BCUT2D eigenvalue weighted by Gasteiger charge is 2.34. The van der Waals surface area contributed by atoms with Crippen LogP contribution in [0.25, 0.3) is 21.5 Å². The molecule has 4 aromatic rings. The minimum Gasteiger partial charge on any atom is -0.345 e. The van der Waals surface area contributed by atoms with Crippen LogP contribution in [0.1, 0.15) is 39.6 Å². The molecule has 1 amide bonds. The third-order valence-corrected chi connectivity index (χ3v) is 5.74. The molecular weight excluding hydrogens is 455 g/mol. The molecule has 12 heteroatoms. The van der Waals surface area contributed by atoms with Gasteiger partial charge in [0.1, 0.15) is 11.6 Å². The lowest BCUT2D eigenvalue weighted by atomic mass is 10.1. The highest BCUT2D eigenvalue weighted by atomic mass is 32.1. The van der Waals surface area contributed by atoms with Crippen molar-refractivity contribution in [3.05, 3.63) is 58.7 Å². The highest BCUT2D eigenvalue weighted by Crippen LogP contribution is 2.33. The molecule has 1 unspecified atom stereocenters. The zero-order chi connectivity index (χ0) is 23.8. The molecule has 0 bridgehead atoms. The molecular formula is C21H16F3N7OS. The standard InChI is InChI=1S/C21H16F3N7OS/c1-11-7-26-19(33-11)15-5-13(6-17-16(15)10-31(30-17)4-3-25)18(32)29-12(2)14-8-27-20(28-9-14)21(22,23)24/h5-10,12H,4H2,1-2H3,(H,29,32). The monoisotopic (exact) mass is 471 g/mol. The number of alkyl halides is 3. The van der Waals surface area contributed by atoms with E-state index in [4.69, 9.17) is 5.26 Å². The molecule has 0 aliphatic heterocycles. The molecule has 0 aliphatic carbocycles. The lowest BCUT2D eigenvalue weighted by Crippen LogP contribution is -2.27. The van der Waals surface area contributed by atoms with Crippen LogP contribution in [0.5, 0.6) is 0 Å². The van der Waals surface area contributed by atoms with E-state index in [1.165, 1.54) is 16.0 Å². The number of amides is 1. The number of hydrogen-bond acceptors (Lipinski definition) is 7. The van der Waals surface area contributed by atoms with Crippen LogP contribution in [-0.2, 0) is 12.7 Å². The second kappa shape index (κ2) is 8.59. The summed E-state index contributed by atoms with van der Waals surface area (Å²) in [6, 6.07) is 4.67. The number of fused-ring (bicyclic) bond motifs is 1. The predicted molar refractivity (Wildman–Crippen MR) is 114 cm³/mol. The van der Waals surface area contributed by atoms with Gasteiger partial charge in [-0.2, -0.15) is 23.5 Å². The van der Waals surface area contributed by atoms with Gasteiger partial charge in [-0.3, -0.25) is 9.48 Å². The molecule has 3 aromatic heterocycles. The van der Waals surface area contributed by atoms with Gasteiger partial charge >= 0.3 is 6.18 Å². The first-order valence-electron chi connectivity index (χ1n) is 9.66. The van der Waals surface area contributed by atoms with E-state index in [-0.39, 0.29) is 6.54 Å². The Balaban J connectivity index is 1.65. The molecule has 0 spiro atoms. The Kier molecular flexibility index (Phi) is 5.82. The van der Waals surface area contributed by atoms with E-state index in [9.17, 15) is 18.0 Å². The number of hydrogen-bond donors (Lipinski definition) is 1. The summed E-state index contributed by atoms with van der Waals surface area (Å²) in [4.78, 5) is 25.1. The third kappa shape index (κ3) is 4.68. The smallest absolute Gasteiger partial charge is 0.345 e. The second-order valence-electron chi connectivity index (χ2n) is 7.25. The van der Waals surface area contributed by atoms with E-state index < -0.39 is 23.9 Å². The lowest BCUT2D eigenvalue weighted by molar-refractivity contribution is -0.145. The number of halogens is 3. The number of nitrogens with zero attached hydrogens (tertiary/aromatic N) is 6. The molecule has 0 saturated heterocycles. The van der Waals surface area contributed by atoms with Crippen molar-refractivity contribution in [1.82, 2.24) is 30.0 Å². The van der Waals surface area contributed by atoms with Crippen molar-refractivity contribution in [1.29, 1.82) is 5.26 Å². The first kappa shape index (κ1) is 22.3. The summed E-state index contributed by atoms with van der Waals surface area (Å²) in [6.07, 6.45) is 0.897. The normalized spacial score (nSPS) is 12.5. The Hall–Kier alpha value is -3.85. The highest BCUT2D eigenvalue weighted by molar-refractivity contribution is 7.15. The number of aromatic nitrogens is 5. The summed E-state index contributed by atoms with van der Waals surface area (Å²) in [5, 5.41) is 17.6. The van der Waals surface area contributed by atoms with Gasteiger partial charge in [0.25, 0.3) is 5.91 Å². The Morgan fingerprint density at radius 2 is 1.97 bits per heavy atom. The predicted octanol–water partition coefficient (Wildman–Crippen LogP) is 4.29. The molecule has 0 radical (unpaired) electrons. The molecule has 1 N–H and O–H groups in total. The van der Waals surface area contributed by atoms with Crippen molar-refractivity contribution in [2.24, 2.45) is 0 Å². The van der Waals surface area contributed by atoms with Crippen molar-refractivity contribution < 1.29 is 18.0 Å². The number of aryl methyl sites for hydroxylation is 1. The average Bonchev–Trinajstić information content (AvgIpc) is 3.38. The number of nitriles is 1. The van der Waals surface area contributed by atoms with Crippen molar-refractivity contribution in [3.63, 3.8) is 0 Å². The van der Waals surface area contributed by atoms with Gasteiger partial charge in [-0.1, -0.05) is 0 Å². The number of thiazole rings is 1. The molecule has 3 heterocycles. The van der Waals surface area contributed by atoms with Gasteiger partial charge in [0.2, 0.25) is 5.82 Å². The quantitative estimate of drug-likeness (QED) is 0.465. The van der Waals surface area contributed by atoms with Crippen LogP contribution in [0.2, 0.25) is 0 Å². The van der Waals surface area contributed by atoms with E-state index in [2.05, 4.69) is 25.4 Å². The minimum atomic E-state index is -4.64. The molecule has 0 fully saturated rings. The minimum absolute atomic E-state index is 0.0531. The van der Waals surface area contributed by atoms with Gasteiger partial charge in [-0.15, -0.1) is 11.3 Å². The SMILES string of the molecule is Cc1cnc(-c2cc(C(=O)NC(C)c3cnc(C(F)(F)F)nc3)cc3nn(CC#N)cc23)s1. The molecule has 33 heavy (non-hydrogen) atoms. The Morgan fingerprint density at radius 1 is 1.24 bits per heavy atom. The van der Waals surface area contributed by atoms with Crippen molar-refractivity contribution in [2.75, 3.05) is 0 Å². The molecule has 168 valence electrons. The fraction of sp³-hybridized carbons (Fsp3) is 0.238. The maximum Gasteiger partial charge on any atom is 0.451 e. The van der Waals surface area contributed by atoms with Crippen LogP contribution < -0.4 is 5.32 Å². The van der Waals surface area contributed by atoms with Crippen molar-refractivity contribution in [3.8, 4) is 16.6 Å². The van der Waals surface area contributed by atoms with E-state index in [0.29, 0.717) is 27.2 Å². The summed E-state index contributed by atoms with van der Waals surface area (Å²) in [7, 11) is 0. The first-order valence-corrected chi connectivity index (χ1v) is 10.5. The van der Waals surface area contributed by atoms with Gasteiger partial charge in [-0.25, -0.2) is 15.0 Å². The molecule has 0 saturated carbocycles. The van der Waals surface area contributed by atoms with Gasteiger partial charge < -0.3 is 5.32 Å². The summed E-state index contributed by atoms with van der Waals surface area (Å²) < 4.78 is 39.5. The van der Waals surface area contributed by atoms with Gasteiger partial charge in [0, 0.05) is 51.7 Å². The van der Waals surface area contributed by atoms with E-state index in [1.807, 2.05) is 13.0 Å². The van der Waals surface area contributed by atoms with E-state index >= 15 is 0 Å². The van der Waals surface area contributed by atoms with E-state index in [1.54, 1.807) is 31.5 Å². The molecule has 1 atom stereocenters. The zero-order valence-corrected chi connectivity index (χ0v) is 18.2. The summed E-state index contributed by atoms with van der Waals surface area (Å²) in [5.41, 5.74) is 1.84. The number of benzene rings is 1. The Labute approximate surface area is 189 Å². The van der Waals surface area contributed by atoms with Crippen LogP contribution in [0.15, 0.2) is 36.9 Å². The van der Waals surface area contributed by atoms with Crippen LogP contribution in [0.3, 0.4) is 0 Å². The summed E-state index contributed by atoms with van der Waals surface area (Å²) in [5.74, 6) is -1.69. The van der Waals surface area contributed by atoms with Gasteiger partial charge in [-0.05, 0) is 26.0 Å². The third-order valence-electron chi connectivity index (χ3n) is 4.79. The number of carbonyl (C=O) groups is 1. The van der Waals surface area contributed by atoms with Gasteiger partial charge in [0.05, 0.1) is 17.6 Å². The molecule has 0 aliphatic rings. The van der Waals surface area contributed by atoms with Crippen LogP contribution in [-0.4, -0.2) is 30.6 Å². The van der Waals surface area contributed by atoms with Gasteiger partial charge in [0.15, 0.2) is 0 Å². The van der Waals surface area contributed by atoms with Crippen molar-refractivity contribution in [2.45, 2.75) is 32.6 Å². The van der Waals surface area contributed by atoms with Crippen LogP contribution in [0, 0.1) is 18.3 Å². The number of nitrogens with one attached hydrogen (secondary N) is 1. The summed E-state index contributed by atoms with van der Waals surface area (Å²) in [6.45, 7) is 3.59. The number of carbonyl (C=O) groups excluding carboxylic acids is 1. The molecule has 4 rings (SSSR count). The lowest BCUT2D eigenvalue weighted by Gasteiger charge is -2.15. The Morgan fingerprint density at radius 3 is 2.58 bits per heavy atom. The van der Waals surface area contributed by atoms with E-state index in [0.717, 1.165) is 22.7 Å². The first-order chi connectivity index (χ1) is 15.7. The fourth-order valence-corrected chi connectivity index (χ4v) is 3.98. The summed E-state index contributed by atoms with van der Waals surface area (Å²) >= 11 is 1.46. The van der Waals surface area contributed by atoms with Crippen molar-refractivity contribution >= 4 is 28.1 Å². The second-order valence-corrected chi connectivity index (χ2v) is 8.49. The molecule has 1 aromatic carbocycles. The largest absolute Gasteiger partial charge is 0.451 e. The molecule has 8 nitrogen and oxygen atoms in total. The Bertz CT molecular complexity index is 1370. The zero-order valence-electron chi connectivity index (χ0n) is 17.4. The van der Waals surface area contributed by atoms with Crippen LogP contribution >= 0.6 is 11.3 Å². The topological polar surface area (TPSA) is 109 Å². The fourth-order valence-electron chi connectivity index (χ4n) is 3.18. The maximum absolute atomic E-state index is 13.0.